The van der Waals surface area contributed by atoms with Crippen LogP contribution in [0.15, 0.2) is 34.7 Å². The number of nitrogens with one attached hydrogen (secondary N) is 2. The van der Waals surface area contributed by atoms with Gasteiger partial charge in [0, 0.05) is 5.56 Å². The lowest BCUT2D eigenvalue weighted by atomic mass is 10.2. The molecular weight excluding hydrogens is 272 g/mol. The minimum atomic E-state index is 0.461. The van der Waals surface area contributed by atoms with Crippen molar-refractivity contribution in [2.24, 2.45) is 0 Å². The molecule has 0 spiro atoms. The van der Waals surface area contributed by atoms with Crippen LogP contribution >= 0.6 is 12.2 Å². The molecule has 2 aromatic rings. The van der Waals surface area contributed by atoms with Crippen LogP contribution in [0.3, 0.4) is 0 Å². The molecule has 5 nitrogen and oxygen atoms in total. The third-order valence-electron chi connectivity index (χ3n) is 3.81. The third kappa shape index (κ3) is 2.98. The van der Waals surface area contributed by atoms with Crippen molar-refractivity contribution in [3.8, 4) is 11.5 Å². The van der Waals surface area contributed by atoms with Gasteiger partial charge in [-0.1, -0.05) is 18.2 Å². The van der Waals surface area contributed by atoms with Gasteiger partial charge in [0.25, 0.3) is 4.84 Å². The molecule has 0 aliphatic carbocycles. The number of quaternary nitrogens is 2. The summed E-state index contributed by atoms with van der Waals surface area (Å²) in [5, 5.41) is 4.51. The zero-order valence-corrected chi connectivity index (χ0v) is 12.4. The van der Waals surface area contributed by atoms with E-state index >= 15 is 0 Å². The summed E-state index contributed by atoms with van der Waals surface area (Å²) in [6, 6.07) is 9.89. The quantitative estimate of drug-likeness (QED) is 0.731. The SMILES string of the molecule is C[NH+]1CC[NH+](Cn2nc(-c3ccccc3)oc2=S)CC1. The molecule has 1 aromatic carbocycles. The average Bonchev–Trinajstić information content (AvgIpc) is 2.84. The van der Waals surface area contributed by atoms with Crippen LogP contribution in [0.1, 0.15) is 0 Å². The van der Waals surface area contributed by atoms with E-state index in [9.17, 15) is 0 Å². The summed E-state index contributed by atoms with van der Waals surface area (Å²) < 4.78 is 7.42. The van der Waals surface area contributed by atoms with Crippen molar-refractivity contribution in [2.45, 2.75) is 6.67 Å². The van der Waals surface area contributed by atoms with E-state index in [4.69, 9.17) is 16.6 Å². The lowest BCUT2D eigenvalue weighted by Crippen LogP contribution is -3.26. The fraction of sp³-hybridized carbons (Fsp3) is 0.429. The highest BCUT2D eigenvalue weighted by molar-refractivity contribution is 7.71. The number of hydrogen-bond donors (Lipinski definition) is 2. The maximum Gasteiger partial charge on any atom is 0.292 e. The first kappa shape index (κ1) is 13.5. The van der Waals surface area contributed by atoms with Gasteiger partial charge >= 0.3 is 0 Å². The Morgan fingerprint density at radius 1 is 1.20 bits per heavy atom. The highest BCUT2D eigenvalue weighted by Gasteiger charge is 2.21. The first-order valence-corrected chi connectivity index (χ1v) is 7.41. The minimum absolute atomic E-state index is 0.461. The van der Waals surface area contributed by atoms with Crippen molar-refractivity contribution in [2.75, 3.05) is 33.2 Å². The number of benzene rings is 1. The Labute approximate surface area is 123 Å². The Balaban J connectivity index is 1.75. The maximum absolute atomic E-state index is 5.61. The molecule has 1 aromatic heterocycles. The van der Waals surface area contributed by atoms with Gasteiger partial charge in [-0.15, -0.1) is 5.10 Å². The van der Waals surface area contributed by atoms with Gasteiger partial charge in [0.15, 0.2) is 6.67 Å². The van der Waals surface area contributed by atoms with E-state index in [1.54, 1.807) is 4.90 Å². The summed E-state index contributed by atoms with van der Waals surface area (Å²) in [5.74, 6) is 0.606. The molecular formula is C14H20N4OS+2. The molecule has 0 amide bonds. The van der Waals surface area contributed by atoms with Crippen molar-refractivity contribution in [1.29, 1.82) is 0 Å². The van der Waals surface area contributed by atoms with Crippen LogP contribution in [0, 0.1) is 4.84 Å². The zero-order chi connectivity index (χ0) is 13.9. The third-order valence-corrected chi connectivity index (χ3v) is 4.11. The second kappa shape index (κ2) is 5.87. The molecule has 1 fully saturated rings. The van der Waals surface area contributed by atoms with Gasteiger partial charge in [-0.25, -0.2) is 0 Å². The van der Waals surface area contributed by atoms with Gasteiger partial charge in [-0.2, -0.15) is 4.68 Å². The van der Waals surface area contributed by atoms with Crippen molar-refractivity contribution >= 4 is 12.2 Å². The number of hydrogen-bond acceptors (Lipinski definition) is 3. The van der Waals surface area contributed by atoms with E-state index in [2.05, 4.69) is 12.1 Å². The normalized spacial score (nSPS) is 22.9. The highest BCUT2D eigenvalue weighted by Crippen LogP contribution is 2.16. The van der Waals surface area contributed by atoms with Crippen LogP contribution in [0.2, 0.25) is 0 Å². The van der Waals surface area contributed by atoms with E-state index in [0.717, 1.165) is 25.3 Å². The standard InChI is InChI=1S/C14H18N4OS/c1-16-7-9-17(10-8-16)11-18-14(20)19-13(15-18)12-5-3-2-4-6-12/h2-6H,7-11H2,1H3/p+2. The summed E-state index contributed by atoms with van der Waals surface area (Å²) >= 11 is 5.28. The molecule has 1 aliphatic heterocycles. The molecule has 6 heteroatoms. The second-order valence-corrected chi connectivity index (χ2v) is 5.75. The van der Waals surface area contributed by atoms with Crippen LogP contribution in [0.25, 0.3) is 11.5 Å². The van der Waals surface area contributed by atoms with Crippen LogP contribution in [-0.2, 0) is 6.67 Å². The molecule has 0 saturated carbocycles. The van der Waals surface area contributed by atoms with Gasteiger partial charge in [0.2, 0.25) is 5.89 Å². The Morgan fingerprint density at radius 3 is 2.60 bits per heavy atom. The van der Waals surface area contributed by atoms with Crippen molar-refractivity contribution < 1.29 is 14.2 Å². The Morgan fingerprint density at radius 2 is 1.90 bits per heavy atom. The molecule has 0 radical (unpaired) electrons. The zero-order valence-electron chi connectivity index (χ0n) is 11.6. The molecule has 0 bridgehead atoms. The number of rotatable bonds is 3. The second-order valence-electron chi connectivity index (χ2n) is 5.40. The van der Waals surface area contributed by atoms with Gasteiger partial charge < -0.3 is 14.2 Å². The number of nitrogens with zero attached hydrogens (tertiary/aromatic N) is 2. The first-order valence-electron chi connectivity index (χ1n) is 7.00. The van der Waals surface area contributed by atoms with Crippen molar-refractivity contribution in [1.82, 2.24) is 9.78 Å². The van der Waals surface area contributed by atoms with Gasteiger partial charge in [0.05, 0.1) is 7.05 Å². The maximum atomic E-state index is 5.61. The van der Waals surface area contributed by atoms with E-state index in [1.165, 1.54) is 18.0 Å². The molecule has 2 heterocycles. The Bertz CT molecular complexity index is 614. The predicted octanol–water partition coefficient (Wildman–Crippen LogP) is -0.757. The molecule has 0 unspecified atom stereocenters. The van der Waals surface area contributed by atoms with Gasteiger partial charge in [-0.05, 0) is 24.4 Å². The lowest BCUT2D eigenvalue weighted by Gasteiger charge is -2.26. The highest BCUT2D eigenvalue weighted by atomic mass is 32.1. The van der Waals surface area contributed by atoms with E-state index in [1.807, 2.05) is 35.0 Å². The number of aromatic nitrogens is 2. The topological polar surface area (TPSA) is 39.8 Å². The summed E-state index contributed by atoms with van der Waals surface area (Å²) in [6.07, 6.45) is 0. The Hall–Kier alpha value is -1.50. The Kier molecular flexibility index (Phi) is 3.95. The van der Waals surface area contributed by atoms with Crippen LogP contribution in [0.4, 0.5) is 0 Å². The van der Waals surface area contributed by atoms with E-state index in [-0.39, 0.29) is 0 Å². The van der Waals surface area contributed by atoms with Crippen LogP contribution in [-0.4, -0.2) is 43.0 Å². The van der Waals surface area contributed by atoms with Crippen LogP contribution < -0.4 is 9.80 Å². The summed E-state index contributed by atoms with van der Waals surface area (Å²) in [4.78, 5) is 3.57. The van der Waals surface area contributed by atoms with E-state index in [0.29, 0.717) is 10.7 Å². The summed E-state index contributed by atoms with van der Waals surface area (Å²) in [6.45, 7) is 5.50. The monoisotopic (exact) mass is 292 g/mol. The summed E-state index contributed by atoms with van der Waals surface area (Å²) in [7, 11) is 2.24. The van der Waals surface area contributed by atoms with Gasteiger partial charge in [0.1, 0.15) is 26.2 Å². The van der Waals surface area contributed by atoms with Crippen molar-refractivity contribution in [3.05, 3.63) is 35.2 Å². The molecule has 20 heavy (non-hydrogen) atoms. The largest absolute Gasteiger partial charge is 0.409 e. The summed E-state index contributed by atoms with van der Waals surface area (Å²) in [5.41, 5.74) is 0.968. The number of piperazine rings is 1. The lowest BCUT2D eigenvalue weighted by molar-refractivity contribution is -1.02. The van der Waals surface area contributed by atoms with Crippen LogP contribution in [0.5, 0.6) is 0 Å². The molecule has 1 aliphatic rings. The molecule has 2 N–H and O–H groups in total. The predicted molar refractivity (Wildman–Crippen MR) is 78.1 cm³/mol. The molecule has 0 atom stereocenters. The average molecular weight is 292 g/mol. The molecule has 3 rings (SSSR count). The van der Waals surface area contributed by atoms with Gasteiger partial charge in [-0.3, -0.25) is 0 Å². The van der Waals surface area contributed by atoms with Crippen molar-refractivity contribution in [3.63, 3.8) is 0 Å². The smallest absolute Gasteiger partial charge is 0.292 e. The molecule has 106 valence electrons. The molecule has 1 saturated heterocycles. The van der Waals surface area contributed by atoms with E-state index < -0.39 is 0 Å². The fourth-order valence-electron chi connectivity index (χ4n) is 2.50. The first-order chi connectivity index (χ1) is 9.72. The number of likely N-dealkylation sites (N-methyl/N-ethyl adjacent to an activating group) is 1. The minimum Gasteiger partial charge on any atom is -0.409 e. The fourth-order valence-corrected chi connectivity index (χ4v) is 2.69.